The van der Waals surface area contributed by atoms with Crippen molar-refractivity contribution in [3.05, 3.63) is 71.8 Å². The Morgan fingerprint density at radius 3 is 2.56 bits per heavy atom. The van der Waals surface area contributed by atoms with Crippen LogP contribution in [0.15, 0.2) is 55.0 Å². The van der Waals surface area contributed by atoms with Crippen molar-refractivity contribution in [2.24, 2.45) is 7.05 Å². The molecule has 0 N–H and O–H groups in total. The zero-order valence-electron chi connectivity index (χ0n) is 15.6. The Morgan fingerprint density at radius 2 is 1.93 bits per heavy atom. The highest BCUT2D eigenvalue weighted by molar-refractivity contribution is 5.92. The molecule has 1 aromatic carbocycles. The average Bonchev–Trinajstić information content (AvgIpc) is 3.13. The molecule has 3 aromatic rings. The summed E-state index contributed by atoms with van der Waals surface area (Å²) in [6.07, 6.45) is 5.08. The molecular weight excluding hydrogens is 344 g/mol. The van der Waals surface area contributed by atoms with Gasteiger partial charge in [0.15, 0.2) is 11.5 Å². The van der Waals surface area contributed by atoms with Crippen LogP contribution in [0.25, 0.3) is 0 Å². The summed E-state index contributed by atoms with van der Waals surface area (Å²) >= 11 is 0. The number of benzene rings is 1. The molecule has 2 aromatic heterocycles. The Kier molecular flexibility index (Phi) is 5.71. The van der Waals surface area contributed by atoms with Crippen molar-refractivity contribution in [1.82, 2.24) is 19.7 Å². The number of hydrogen-bond acceptors (Lipinski definition) is 5. The van der Waals surface area contributed by atoms with Gasteiger partial charge in [0.1, 0.15) is 5.69 Å². The van der Waals surface area contributed by atoms with E-state index in [0.717, 1.165) is 11.1 Å². The largest absolute Gasteiger partial charge is 0.493 e. The van der Waals surface area contributed by atoms with Crippen LogP contribution in [-0.2, 0) is 20.1 Å². The van der Waals surface area contributed by atoms with Gasteiger partial charge in [-0.25, -0.2) is 0 Å². The Hall–Kier alpha value is -3.35. The van der Waals surface area contributed by atoms with Gasteiger partial charge in [0.05, 0.1) is 20.8 Å². The van der Waals surface area contributed by atoms with Gasteiger partial charge in [0, 0.05) is 37.7 Å². The molecule has 0 radical (unpaired) electrons. The monoisotopic (exact) mass is 366 g/mol. The first-order valence-electron chi connectivity index (χ1n) is 8.50. The van der Waals surface area contributed by atoms with Crippen molar-refractivity contribution >= 4 is 5.91 Å². The summed E-state index contributed by atoms with van der Waals surface area (Å²) in [7, 11) is 4.94. The summed E-state index contributed by atoms with van der Waals surface area (Å²) in [5.74, 6) is 1.13. The van der Waals surface area contributed by atoms with E-state index < -0.39 is 0 Å². The maximum absolute atomic E-state index is 13.2. The van der Waals surface area contributed by atoms with Crippen molar-refractivity contribution in [1.29, 1.82) is 0 Å². The smallest absolute Gasteiger partial charge is 0.272 e. The van der Waals surface area contributed by atoms with E-state index in [1.165, 1.54) is 0 Å². The van der Waals surface area contributed by atoms with Gasteiger partial charge in [0.25, 0.3) is 5.91 Å². The number of rotatable bonds is 7. The lowest BCUT2D eigenvalue weighted by molar-refractivity contribution is 0.0717. The lowest BCUT2D eigenvalue weighted by Gasteiger charge is -2.24. The number of nitrogens with zero attached hydrogens (tertiary/aromatic N) is 4. The first kappa shape index (κ1) is 18.4. The van der Waals surface area contributed by atoms with Gasteiger partial charge in [-0.1, -0.05) is 18.2 Å². The van der Waals surface area contributed by atoms with E-state index >= 15 is 0 Å². The fourth-order valence-electron chi connectivity index (χ4n) is 2.94. The number of aryl methyl sites for hydroxylation is 1. The van der Waals surface area contributed by atoms with Crippen molar-refractivity contribution in [2.45, 2.75) is 13.1 Å². The Balaban J connectivity index is 1.95. The van der Waals surface area contributed by atoms with Gasteiger partial charge in [-0.3, -0.25) is 14.5 Å². The number of methoxy groups -OCH3 is 2. The van der Waals surface area contributed by atoms with E-state index in [2.05, 4.69) is 10.1 Å². The third-order valence-electron chi connectivity index (χ3n) is 4.27. The first-order chi connectivity index (χ1) is 13.1. The number of carbonyl (C=O) groups is 1. The molecule has 1 amide bonds. The molecule has 27 heavy (non-hydrogen) atoms. The molecule has 0 unspecified atom stereocenters. The zero-order chi connectivity index (χ0) is 19.2. The molecule has 0 aliphatic carbocycles. The zero-order valence-corrected chi connectivity index (χ0v) is 15.6. The second-order valence-electron chi connectivity index (χ2n) is 6.02. The van der Waals surface area contributed by atoms with Gasteiger partial charge < -0.3 is 14.4 Å². The van der Waals surface area contributed by atoms with Crippen LogP contribution in [0.3, 0.4) is 0 Å². The number of ether oxygens (including phenoxy) is 2. The molecule has 0 saturated heterocycles. The lowest BCUT2D eigenvalue weighted by Crippen LogP contribution is -2.31. The summed E-state index contributed by atoms with van der Waals surface area (Å²) in [5.41, 5.74) is 2.31. The molecule has 7 nitrogen and oxygen atoms in total. The molecule has 0 atom stereocenters. The number of hydrogen-bond donors (Lipinski definition) is 0. The number of para-hydroxylation sites is 1. The highest BCUT2D eigenvalue weighted by Gasteiger charge is 2.22. The number of carbonyl (C=O) groups excluding carboxylic acids is 1. The van der Waals surface area contributed by atoms with Crippen LogP contribution < -0.4 is 9.47 Å². The van der Waals surface area contributed by atoms with Crippen molar-refractivity contribution < 1.29 is 14.3 Å². The molecule has 140 valence electrons. The van der Waals surface area contributed by atoms with Gasteiger partial charge in [0.2, 0.25) is 0 Å². The minimum absolute atomic E-state index is 0.122. The molecule has 0 fully saturated rings. The van der Waals surface area contributed by atoms with E-state index in [0.29, 0.717) is 30.3 Å². The highest BCUT2D eigenvalue weighted by atomic mass is 16.5. The fraction of sp³-hybridized carbons (Fsp3) is 0.250. The second kappa shape index (κ2) is 8.35. The van der Waals surface area contributed by atoms with E-state index in [4.69, 9.17) is 9.47 Å². The minimum atomic E-state index is -0.122. The van der Waals surface area contributed by atoms with Crippen LogP contribution in [0, 0.1) is 0 Å². The Bertz CT molecular complexity index is 909. The first-order valence-corrected chi connectivity index (χ1v) is 8.50. The molecule has 7 heteroatoms. The predicted molar refractivity (Wildman–Crippen MR) is 101 cm³/mol. The molecule has 0 saturated carbocycles. The molecule has 0 aliphatic rings. The van der Waals surface area contributed by atoms with Crippen LogP contribution >= 0.6 is 0 Å². The average molecular weight is 366 g/mol. The second-order valence-corrected chi connectivity index (χ2v) is 6.02. The molecule has 0 spiro atoms. The minimum Gasteiger partial charge on any atom is -0.493 e. The normalized spacial score (nSPS) is 10.5. The van der Waals surface area contributed by atoms with Crippen molar-refractivity contribution in [3.63, 3.8) is 0 Å². The van der Waals surface area contributed by atoms with Gasteiger partial charge >= 0.3 is 0 Å². The van der Waals surface area contributed by atoms with Gasteiger partial charge in [-0.15, -0.1) is 0 Å². The van der Waals surface area contributed by atoms with Crippen LogP contribution in [0.4, 0.5) is 0 Å². The summed E-state index contributed by atoms with van der Waals surface area (Å²) in [4.78, 5) is 19.0. The van der Waals surface area contributed by atoms with E-state index in [-0.39, 0.29) is 5.91 Å². The highest BCUT2D eigenvalue weighted by Crippen LogP contribution is 2.32. The van der Waals surface area contributed by atoms with E-state index in [9.17, 15) is 4.79 Å². The predicted octanol–water partition coefficient (Wildman–Crippen LogP) is 2.67. The lowest BCUT2D eigenvalue weighted by atomic mass is 10.1. The maximum Gasteiger partial charge on any atom is 0.272 e. The molecule has 0 bridgehead atoms. The van der Waals surface area contributed by atoms with Crippen LogP contribution in [0.2, 0.25) is 0 Å². The van der Waals surface area contributed by atoms with Crippen LogP contribution in [0.5, 0.6) is 11.5 Å². The van der Waals surface area contributed by atoms with Crippen LogP contribution in [-0.4, -0.2) is 39.8 Å². The summed E-state index contributed by atoms with van der Waals surface area (Å²) in [5, 5.41) is 4.11. The van der Waals surface area contributed by atoms with E-state index in [1.54, 1.807) is 55.5 Å². The van der Waals surface area contributed by atoms with Gasteiger partial charge in [-0.05, 0) is 23.8 Å². The number of pyridine rings is 1. The third-order valence-corrected chi connectivity index (χ3v) is 4.27. The van der Waals surface area contributed by atoms with Crippen molar-refractivity contribution in [2.75, 3.05) is 14.2 Å². The maximum atomic E-state index is 13.2. The quantitative estimate of drug-likeness (QED) is 0.643. The van der Waals surface area contributed by atoms with Crippen molar-refractivity contribution in [3.8, 4) is 11.5 Å². The Labute approximate surface area is 158 Å². The fourth-order valence-corrected chi connectivity index (χ4v) is 2.94. The Morgan fingerprint density at radius 1 is 1.07 bits per heavy atom. The molecule has 2 heterocycles. The standard InChI is InChI=1S/C20H22N4O3/c1-23-17(9-11-22-23)20(25)24(13-15-6-5-10-21-12-15)14-16-7-4-8-18(26-2)19(16)27-3/h4-12H,13-14H2,1-3H3. The van der Waals surface area contributed by atoms with Gasteiger partial charge in [-0.2, -0.15) is 5.10 Å². The summed E-state index contributed by atoms with van der Waals surface area (Å²) in [6.45, 7) is 0.775. The summed E-state index contributed by atoms with van der Waals surface area (Å²) < 4.78 is 12.5. The van der Waals surface area contributed by atoms with Crippen LogP contribution in [0.1, 0.15) is 21.6 Å². The SMILES string of the molecule is COc1cccc(CN(Cc2cccnc2)C(=O)c2ccnn2C)c1OC. The third kappa shape index (κ3) is 4.08. The number of aromatic nitrogens is 3. The van der Waals surface area contributed by atoms with E-state index in [1.807, 2.05) is 30.3 Å². The summed E-state index contributed by atoms with van der Waals surface area (Å²) in [6, 6.07) is 11.1. The molecule has 3 rings (SSSR count). The molecule has 0 aliphatic heterocycles. The topological polar surface area (TPSA) is 69.5 Å². The molecular formula is C20H22N4O3. The number of amides is 1.